The van der Waals surface area contributed by atoms with E-state index >= 15 is 0 Å². The molecule has 0 bridgehead atoms. The van der Waals surface area contributed by atoms with Crippen molar-refractivity contribution < 1.29 is 9.59 Å². The molecule has 0 radical (unpaired) electrons. The molecule has 0 aliphatic carbocycles. The van der Waals surface area contributed by atoms with E-state index in [1.165, 1.54) is 0 Å². The summed E-state index contributed by atoms with van der Waals surface area (Å²) < 4.78 is 1.54. The van der Waals surface area contributed by atoms with Crippen molar-refractivity contribution in [3.63, 3.8) is 0 Å². The lowest BCUT2D eigenvalue weighted by molar-refractivity contribution is 0.0965. The van der Waals surface area contributed by atoms with Crippen molar-refractivity contribution in [2.75, 3.05) is 0 Å². The van der Waals surface area contributed by atoms with Gasteiger partial charge in [-0.1, -0.05) is 48.5 Å². The fraction of sp³-hybridized carbons (Fsp3) is 0. The number of rotatable bonds is 2. The molecule has 3 heteroatoms. The summed E-state index contributed by atoms with van der Waals surface area (Å²) >= 11 is 0. The first-order valence-electron chi connectivity index (χ1n) is 7.37. The molecule has 1 heterocycles. The van der Waals surface area contributed by atoms with Gasteiger partial charge in [-0.15, -0.1) is 0 Å². The Morgan fingerprint density at radius 1 is 0.870 bits per heavy atom. The van der Waals surface area contributed by atoms with Gasteiger partial charge >= 0.3 is 0 Å². The third-order valence-electron chi connectivity index (χ3n) is 4.08. The molecular weight excluding hydrogens is 286 g/mol. The summed E-state index contributed by atoms with van der Waals surface area (Å²) in [6, 6.07) is 21.0. The SMILES string of the molecule is O=Cc1cn(C(=O)c2ccc3ccccc3c2)c2ccccc12. The Kier molecular flexibility index (Phi) is 3.05. The molecular formula is C20H13NO2. The van der Waals surface area contributed by atoms with Crippen LogP contribution in [0.15, 0.2) is 72.9 Å². The van der Waals surface area contributed by atoms with Gasteiger partial charge in [0.2, 0.25) is 0 Å². The normalized spacial score (nSPS) is 11.0. The summed E-state index contributed by atoms with van der Waals surface area (Å²) in [6.45, 7) is 0. The topological polar surface area (TPSA) is 39.1 Å². The summed E-state index contributed by atoms with van der Waals surface area (Å²) in [5, 5.41) is 2.90. The number of fused-ring (bicyclic) bond motifs is 2. The fourth-order valence-electron chi connectivity index (χ4n) is 2.93. The van der Waals surface area contributed by atoms with E-state index in [9.17, 15) is 9.59 Å². The zero-order valence-electron chi connectivity index (χ0n) is 12.3. The van der Waals surface area contributed by atoms with E-state index in [1.54, 1.807) is 10.8 Å². The summed E-state index contributed by atoms with van der Waals surface area (Å²) in [6.07, 6.45) is 2.39. The monoisotopic (exact) mass is 299 g/mol. The molecule has 0 unspecified atom stereocenters. The fourth-order valence-corrected chi connectivity index (χ4v) is 2.93. The second-order valence-electron chi connectivity index (χ2n) is 5.46. The maximum absolute atomic E-state index is 12.9. The van der Waals surface area contributed by atoms with E-state index in [1.807, 2.05) is 66.7 Å². The Bertz CT molecular complexity index is 1060. The van der Waals surface area contributed by atoms with Crippen LogP contribution in [-0.2, 0) is 0 Å². The number of aromatic nitrogens is 1. The molecule has 0 atom stereocenters. The molecule has 110 valence electrons. The van der Waals surface area contributed by atoms with Crippen molar-refractivity contribution >= 4 is 33.9 Å². The van der Waals surface area contributed by atoms with Gasteiger partial charge in [-0.05, 0) is 29.0 Å². The zero-order chi connectivity index (χ0) is 15.8. The number of aldehydes is 1. The predicted molar refractivity (Wildman–Crippen MR) is 91.0 cm³/mol. The first-order valence-corrected chi connectivity index (χ1v) is 7.37. The van der Waals surface area contributed by atoms with Crippen LogP contribution >= 0.6 is 0 Å². The van der Waals surface area contributed by atoms with Gasteiger partial charge in [-0.3, -0.25) is 14.2 Å². The molecule has 0 saturated carbocycles. The first kappa shape index (κ1) is 13.5. The molecule has 4 rings (SSSR count). The Balaban J connectivity index is 1.89. The van der Waals surface area contributed by atoms with Crippen LogP contribution in [0.1, 0.15) is 20.7 Å². The number of benzene rings is 3. The van der Waals surface area contributed by atoms with Crippen LogP contribution in [0.5, 0.6) is 0 Å². The molecule has 3 nitrogen and oxygen atoms in total. The molecule has 0 spiro atoms. The van der Waals surface area contributed by atoms with E-state index < -0.39 is 0 Å². The minimum atomic E-state index is -0.139. The number of nitrogens with zero attached hydrogens (tertiary/aromatic N) is 1. The van der Waals surface area contributed by atoms with E-state index in [0.717, 1.165) is 28.0 Å². The number of hydrogen-bond acceptors (Lipinski definition) is 2. The van der Waals surface area contributed by atoms with Crippen molar-refractivity contribution in [3.05, 3.63) is 84.1 Å². The van der Waals surface area contributed by atoms with Crippen LogP contribution in [0.2, 0.25) is 0 Å². The minimum Gasteiger partial charge on any atom is -0.298 e. The highest BCUT2D eigenvalue weighted by Gasteiger charge is 2.15. The van der Waals surface area contributed by atoms with E-state index in [2.05, 4.69) is 0 Å². The highest BCUT2D eigenvalue weighted by molar-refractivity contribution is 6.08. The molecule has 1 aromatic heterocycles. The van der Waals surface area contributed by atoms with Crippen molar-refractivity contribution in [2.24, 2.45) is 0 Å². The summed E-state index contributed by atoms with van der Waals surface area (Å²) in [7, 11) is 0. The lowest BCUT2D eigenvalue weighted by atomic mass is 10.1. The Morgan fingerprint density at radius 3 is 2.43 bits per heavy atom. The molecule has 0 aliphatic rings. The Hall–Kier alpha value is -3.20. The smallest absolute Gasteiger partial charge is 0.262 e. The quantitative estimate of drug-likeness (QED) is 0.518. The summed E-state index contributed by atoms with van der Waals surface area (Å²) in [4.78, 5) is 24.1. The zero-order valence-corrected chi connectivity index (χ0v) is 12.3. The third-order valence-corrected chi connectivity index (χ3v) is 4.08. The maximum atomic E-state index is 12.9. The molecule has 0 amide bonds. The molecule has 3 aromatic carbocycles. The molecule has 23 heavy (non-hydrogen) atoms. The number of para-hydroxylation sites is 1. The average molecular weight is 299 g/mol. The van der Waals surface area contributed by atoms with E-state index in [4.69, 9.17) is 0 Å². The van der Waals surface area contributed by atoms with Crippen LogP contribution < -0.4 is 0 Å². The van der Waals surface area contributed by atoms with Crippen LogP contribution in [0, 0.1) is 0 Å². The number of hydrogen-bond donors (Lipinski definition) is 0. The Labute approximate surface area is 132 Å². The second-order valence-corrected chi connectivity index (χ2v) is 5.46. The van der Waals surface area contributed by atoms with Crippen LogP contribution in [0.4, 0.5) is 0 Å². The highest BCUT2D eigenvalue weighted by atomic mass is 16.2. The third kappa shape index (κ3) is 2.14. The van der Waals surface area contributed by atoms with Gasteiger partial charge in [0.15, 0.2) is 6.29 Å². The van der Waals surface area contributed by atoms with Crippen molar-refractivity contribution in [3.8, 4) is 0 Å². The van der Waals surface area contributed by atoms with E-state index in [-0.39, 0.29) is 5.91 Å². The number of carbonyl (C=O) groups is 2. The molecule has 0 aliphatic heterocycles. The second kappa shape index (κ2) is 5.21. The number of carbonyl (C=O) groups excluding carboxylic acids is 2. The van der Waals surface area contributed by atoms with Gasteiger partial charge in [0, 0.05) is 22.7 Å². The lowest BCUT2D eigenvalue weighted by Gasteiger charge is -2.05. The van der Waals surface area contributed by atoms with Crippen molar-refractivity contribution in [2.45, 2.75) is 0 Å². The standard InChI is InChI=1S/C20H13NO2/c22-13-17-12-21(19-8-4-3-7-18(17)19)20(23)16-10-9-14-5-1-2-6-15(14)11-16/h1-13H. The van der Waals surface area contributed by atoms with Crippen molar-refractivity contribution in [1.29, 1.82) is 0 Å². The largest absolute Gasteiger partial charge is 0.298 e. The van der Waals surface area contributed by atoms with Gasteiger partial charge in [-0.2, -0.15) is 0 Å². The summed E-state index contributed by atoms with van der Waals surface area (Å²) in [5.74, 6) is -0.139. The van der Waals surface area contributed by atoms with E-state index in [0.29, 0.717) is 11.1 Å². The van der Waals surface area contributed by atoms with Crippen LogP contribution in [-0.4, -0.2) is 16.8 Å². The van der Waals surface area contributed by atoms with Gasteiger partial charge in [0.25, 0.3) is 5.91 Å². The van der Waals surface area contributed by atoms with Crippen molar-refractivity contribution in [1.82, 2.24) is 4.57 Å². The lowest BCUT2D eigenvalue weighted by Crippen LogP contribution is -2.10. The molecule has 0 N–H and O–H groups in total. The molecule has 4 aromatic rings. The van der Waals surface area contributed by atoms with Gasteiger partial charge in [-0.25, -0.2) is 0 Å². The van der Waals surface area contributed by atoms with Gasteiger partial charge in [0.1, 0.15) is 0 Å². The minimum absolute atomic E-state index is 0.139. The predicted octanol–water partition coefficient (Wildman–Crippen LogP) is 4.30. The highest BCUT2D eigenvalue weighted by Crippen LogP contribution is 2.22. The first-order chi connectivity index (χ1) is 11.3. The van der Waals surface area contributed by atoms with Gasteiger partial charge < -0.3 is 0 Å². The van der Waals surface area contributed by atoms with Gasteiger partial charge in [0.05, 0.1) is 5.52 Å². The summed E-state index contributed by atoms with van der Waals surface area (Å²) in [5.41, 5.74) is 1.87. The molecule has 0 fully saturated rings. The van der Waals surface area contributed by atoms with Crippen LogP contribution in [0.25, 0.3) is 21.7 Å². The average Bonchev–Trinajstić information content (AvgIpc) is 2.99. The Morgan fingerprint density at radius 2 is 1.61 bits per heavy atom. The molecule has 0 saturated heterocycles. The van der Waals surface area contributed by atoms with Crippen LogP contribution in [0.3, 0.4) is 0 Å². The maximum Gasteiger partial charge on any atom is 0.262 e.